The average Bonchev–Trinajstić information content (AvgIpc) is 2.87. The SMILES string of the molecule is O=C(CN1C(=O)S/C(=C\c2ccc(Cl)cc2Cl)C1=O)Nc1ccc(Cl)cc1. The molecular formula is C18H11Cl3N2O3S. The summed E-state index contributed by atoms with van der Waals surface area (Å²) in [4.78, 5) is 37.8. The van der Waals surface area contributed by atoms with E-state index in [-0.39, 0.29) is 11.4 Å². The van der Waals surface area contributed by atoms with Crippen molar-refractivity contribution in [1.29, 1.82) is 0 Å². The van der Waals surface area contributed by atoms with Gasteiger partial charge in [0.05, 0.1) is 4.91 Å². The van der Waals surface area contributed by atoms with Crippen molar-refractivity contribution in [2.45, 2.75) is 0 Å². The largest absolute Gasteiger partial charge is 0.325 e. The highest BCUT2D eigenvalue weighted by atomic mass is 35.5. The lowest BCUT2D eigenvalue weighted by atomic mass is 10.2. The third-order valence-corrected chi connectivity index (χ3v) is 5.27. The summed E-state index contributed by atoms with van der Waals surface area (Å²) in [5.74, 6) is -1.05. The first-order chi connectivity index (χ1) is 12.8. The highest BCUT2D eigenvalue weighted by molar-refractivity contribution is 8.18. The molecule has 1 N–H and O–H groups in total. The summed E-state index contributed by atoms with van der Waals surface area (Å²) in [7, 11) is 0. The van der Waals surface area contributed by atoms with E-state index in [1.165, 1.54) is 6.08 Å². The molecule has 1 saturated heterocycles. The number of nitrogens with one attached hydrogen (secondary N) is 1. The minimum Gasteiger partial charge on any atom is -0.325 e. The Morgan fingerprint density at radius 3 is 2.37 bits per heavy atom. The monoisotopic (exact) mass is 440 g/mol. The van der Waals surface area contributed by atoms with Crippen LogP contribution < -0.4 is 5.32 Å². The molecule has 27 heavy (non-hydrogen) atoms. The molecule has 3 amide bonds. The molecule has 0 spiro atoms. The smallest absolute Gasteiger partial charge is 0.294 e. The molecule has 9 heteroatoms. The molecule has 1 heterocycles. The third-order valence-electron chi connectivity index (χ3n) is 3.55. The fraction of sp³-hybridized carbons (Fsp3) is 0.0556. The predicted molar refractivity (Wildman–Crippen MR) is 109 cm³/mol. The first-order valence-electron chi connectivity index (χ1n) is 7.59. The van der Waals surface area contributed by atoms with Crippen molar-refractivity contribution in [2.24, 2.45) is 0 Å². The highest BCUT2D eigenvalue weighted by Gasteiger charge is 2.36. The van der Waals surface area contributed by atoms with Crippen LogP contribution in [0.5, 0.6) is 0 Å². The number of halogens is 3. The number of amides is 3. The molecule has 3 rings (SSSR count). The van der Waals surface area contributed by atoms with Crippen molar-refractivity contribution in [3.63, 3.8) is 0 Å². The summed E-state index contributed by atoms with van der Waals surface area (Å²) in [5, 5.41) is 3.43. The fourth-order valence-corrected chi connectivity index (χ4v) is 3.69. The lowest BCUT2D eigenvalue weighted by Crippen LogP contribution is -2.36. The number of thioether (sulfide) groups is 1. The Morgan fingerprint density at radius 2 is 1.70 bits per heavy atom. The van der Waals surface area contributed by atoms with E-state index in [0.29, 0.717) is 26.3 Å². The van der Waals surface area contributed by atoms with Gasteiger partial charge in [-0.3, -0.25) is 19.3 Å². The number of imide groups is 1. The molecule has 0 radical (unpaired) electrons. The van der Waals surface area contributed by atoms with E-state index in [1.54, 1.807) is 42.5 Å². The number of hydrogen-bond acceptors (Lipinski definition) is 4. The molecule has 0 unspecified atom stereocenters. The molecule has 0 saturated carbocycles. The number of nitrogens with zero attached hydrogens (tertiary/aromatic N) is 1. The minimum absolute atomic E-state index is 0.184. The van der Waals surface area contributed by atoms with Gasteiger partial charge in [-0.15, -0.1) is 0 Å². The maximum absolute atomic E-state index is 12.5. The molecule has 0 aliphatic carbocycles. The second-order valence-electron chi connectivity index (χ2n) is 5.49. The summed E-state index contributed by atoms with van der Waals surface area (Å²) in [6.45, 7) is -0.390. The van der Waals surface area contributed by atoms with E-state index < -0.39 is 17.1 Å². The van der Waals surface area contributed by atoms with Gasteiger partial charge in [0.1, 0.15) is 6.54 Å². The van der Waals surface area contributed by atoms with E-state index in [1.807, 2.05) is 0 Å². The number of carbonyl (C=O) groups excluding carboxylic acids is 3. The second-order valence-corrected chi connectivity index (χ2v) is 7.76. The number of hydrogen-bond donors (Lipinski definition) is 1. The zero-order valence-corrected chi connectivity index (χ0v) is 16.6. The van der Waals surface area contributed by atoms with Gasteiger partial charge in [0.25, 0.3) is 11.1 Å². The van der Waals surface area contributed by atoms with E-state index in [4.69, 9.17) is 34.8 Å². The number of rotatable bonds is 4. The minimum atomic E-state index is -0.553. The van der Waals surface area contributed by atoms with Gasteiger partial charge < -0.3 is 5.32 Å². The molecule has 0 bridgehead atoms. The summed E-state index contributed by atoms with van der Waals surface area (Å²) in [5.41, 5.74) is 1.07. The van der Waals surface area contributed by atoms with Crippen molar-refractivity contribution >= 4 is 75.4 Å². The zero-order chi connectivity index (χ0) is 19.6. The molecule has 5 nitrogen and oxygen atoms in total. The summed E-state index contributed by atoms with van der Waals surface area (Å²) < 4.78 is 0. The number of benzene rings is 2. The molecule has 138 valence electrons. The van der Waals surface area contributed by atoms with Crippen LogP contribution in [0.4, 0.5) is 10.5 Å². The quantitative estimate of drug-likeness (QED) is 0.652. The van der Waals surface area contributed by atoms with E-state index >= 15 is 0 Å². The van der Waals surface area contributed by atoms with Crippen LogP contribution in [-0.2, 0) is 9.59 Å². The van der Waals surface area contributed by atoms with Crippen molar-refractivity contribution in [3.05, 3.63) is 68.0 Å². The Morgan fingerprint density at radius 1 is 1.04 bits per heavy atom. The Labute approximate surface area is 174 Å². The van der Waals surface area contributed by atoms with Gasteiger partial charge in [0.15, 0.2) is 0 Å². The first kappa shape index (κ1) is 19.8. The van der Waals surface area contributed by atoms with Crippen LogP contribution in [0.3, 0.4) is 0 Å². The fourth-order valence-electron chi connectivity index (χ4n) is 2.27. The molecule has 2 aromatic rings. The Bertz CT molecular complexity index is 961. The standard InChI is InChI=1S/C18H11Cl3N2O3S/c19-11-3-5-13(6-4-11)22-16(24)9-23-17(25)15(27-18(23)26)7-10-1-2-12(20)8-14(10)21/h1-8H,9H2,(H,22,24)/b15-7-. The van der Waals surface area contributed by atoms with E-state index in [2.05, 4.69) is 5.32 Å². The normalized spacial score (nSPS) is 15.5. The molecule has 0 aromatic heterocycles. The Balaban J connectivity index is 1.71. The molecule has 0 atom stereocenters. The topological polar surface area (TPSA) is 66.5 Å². The molecule has 2 aromatic carbocycles. The van der Waals surface area contributed by atoms with Gasteiger partial charge in [-0.2, -0.15) is 0 Å². The van der Waals surface area contributed by atoms with E-state index in [9.17, 15) is 14.4 Å². The lowest BCUT2D eigenvalue weighted by Gasteiger charge is -2.12. The van der Waals surface area contributed by atoms with Crippen molar-refractivity contribution < 1.29 is 14.4 Å². The lowest BCUT2D eigenvalue weighted by molar-refractivity contribution is -0.127. The molecular weight excluding hydrogens is 431 g/mol. The van der Waals surface area contributed by atoms with Gasteiger partial charge >= 0.3 is 0 Å². The molecule has 1 aliphatic heterocycles. The second kappa shape index (κ2) is 8.35. The van der Waals surface area contributed by atoms with Crippen LogP contribution in [0.2, 0.25) is 15.1 Å². The Kier molecular flexibility index (Phi) is 6.11. The summed E-state index contributed by atoms with van der Waals surface area (Å²) in [6, 6.07) is 11.3. The van der Waals surface area contributed by atoms with Crippen molar-refractivity contribution in [2.75, 3.05) is 11.9 Å². The number of anilines is 1. The number of carbonyl (C=O) groups is 3. The third kappa shape index (κ3) is 4.84. The van der Waals surface area contributed by atoms with Crippen molar-refractivity contribution in [3.8, 4) is 0 Å². The highest BCUT2D eigenvalue weighted by Crippen LogP contribution is 2.34. The van der Waals surface area contributed by atoms with Crippen LogP contribution in [0.25, 0.3) is 6.08 Å². The first-order valence-corrected chi connectivity index (χ1v) is 9.54. The predicted octanol–water partition coefficient (Wildman–Crippen LogP) is 5.32. The van der Waals surface area contributed by atoms with Crippen LogP contribution in [0.1, 0.15) is 5.56 Å². The molecule has 1 fully saturated rings. The van der Waals surface area contributed by atoms with Crippen LogP contribution in [-0.4, -0.2) is 28.5 Å². The van der Waals surface area contributed by atoms with E-state index in [0.717, 1.165) is 16.7 Å². The van der Waals surface area contributed by atoms with Crippen LogP contribution in [0.15, 0.2) is 47.4 Å². The zero-order valence-electron chi connectivity index (χ0n) is 13.5. The average molecular weight is 442 g/mol. The van der Waals surface area contributed by atoms with Crippen LogP contribution >= 0.6 is 46.6 Å². The van der Waals surface area contributed by atoms with Crippen LogP contribution in [0, 0.1) is 0 Å². The van der Waals surface area contributed by atoms with Gasteiger partial charge in [0, 0.05) is 20.8 Å². The summed E-state index contributed by atoms with van der Waals surface area (Å²) in [6.07, 6.45) is 1.50. The van der Waals surface area contributed by atoms with Gasteiger partial charge in [-0.1, -0.05) is 40.9 Å². The van der Waals surface area contributed by atoms with Crippen molar-refractivity contribution in [1.82, 2.24) is 4.90 Å². The maximum Gasteiger partial charge on any atom is 0.294 e. The maximum atomic E-state index is 12.5. The van der Waals surface area contributed by atoms with Gasteiger partial charge in [-0.25, -0.2) is 0 Å². The van der Waals surface area contributed by atoms with Gasteiger partial charge in [0.2, 0.25) is 5.91 Å². The Hall–Kier alpha value is -1.99. The summed E-state index contributed by atoms with van der Waals surface area (Å²) >= 11 is 18.5. The molecule has 1 aliphatic rings. The van der Waals surface area contributed by atoms with Gasteiger partial charge in [-0.05, 0) is 59.8 Å².